The van der Waals surface area contributed by atoms with Crippen LogP contribution in [0.15, 0.2) is 24.3 Å². The van der Waals surface area contributed by atoms with Crippen molar-refractivity contribution >= 4 is 17.6 Å². The maximum Gasteiger partial charge on any atom is 0.317 e. The number of nitrogens with one attached hydrogen (secondary N) is 2. The number of carbonyl (C=O) groups excluding carboxylic acids is 2. The summed E-state index contributed by atoms with van der Waals surface area (Å²) in [5.74, 6) is -0.0808. The van der Waals surface area contributed by atoms with Crippen molar-refractivity contribution in [2.24, 2.45) is 0 Å². The number of carbonyl (C=O) groups is 2. The Kier molecular flexibility index (Phi) is 6.75. The minimum absolute atomic E-state index is 0.0808. The molecule has 122 valence electrons. The number of urea groups is 1. The van der Waals surface area contributed by atoms with Gasteiger partial charge < -0.3 is 15.5 Å². The van der Waals surface area contributed by atoms with E-state index in [1.807, 2.05) is 0 Å². The lowest BCUT2D eigenvalue weighted by Crippen LogP contribution is -2.40. The molecule has 5 nitrogen and oxygen atoms in total. The summed E-state index contributed by atoms with van der Waals surface area (Å²) in [6.45, 7) is 2.91. The Morgan fingerprint density at radius 1 is 1.23 bits per heavy atom. The molecule has 1 aromatic rings. The van der Waals surface area contributed by atoms with Crippen LogP contribution in [0.5, 0.6) is 0 Å². The topological polar surface area (TPSA) is 61.4 Å². The van der Waals surface area contributed by atoms with Gasteiger partial charge in [0.25, 0.3) is 6.43 Å². The molecule has 0 spiro atoms. The molecule has 0 bridgehead atoms. The Morgan fingerprint density at radius 2 is 1.82 bits per heavy atom. The minimum Gasteiger partial charge on any atom is -0.331 e. The average molecular weight is 313 g/mol. The van der Waals surface area contributed by atoms with E-state index in [-0.39, 0.29) is 11.9 Å². The van der Waals surface area contributed by atoms with Gasteiger partial charge in [-0.2, -0.15) is 0 Å². The van der Waals surface area contributed by atoms with E-state index in [9.17, 15) is 18.4 Å². The van der Waals surface area contributed by atoms with Crippen LogP contribution in [0.1, 0.15) is 31.9 Å². The number of halogens is 2. The van der Waals surface area contributed by atoms with Crippen molar-refractivity contribution in [1.29, 1.82) is 0 Å². The number of nitrogens with zero attached hydrogens (tertiary/aromatic N) is 1. The van der Waals surface area contributed by atoms with Gasteiger partial charge in [0.1, 0.15) is 0 Å². The first-order valence-electron chi connectivity index (χ1n) is 7.03. The van der Waals surface area contributed by atoms with Gasteiger partial charge in [-0.05, 0) is 24.6 Å². The maximum atomic E-state index is 12.2. The molecule has 22 heavy (non-hydrogen) atoms. The van der Waals surface area contributed by atoms with E-state index >= 15 is 0 Å². The molecule has 0 radical (unpaired) electrons. The number of alkyl halides is 2. The second kappa shape index (κ2) is 8.31. The molecule has 0 saturated heterocycles. The summed E-state index contributed by atoms with van der Waals surface area (Å²) in [6.07, 6.45) is -2.17. The molecule has 0 aliphatic carbocycles. The van der Waals surface area contributed by atoms with Crippen molar-refractivity contribution in [1.82, 2.24) is 10.2 Å². The monoisotopic (exact) mass is 313 g/mol. The van der Waals surface area contributed by atoms with Crippen LogP contribution in [0.2, 0.25) is 0 Å². The van der Waals surface area contributed by atoms with E-state index in [0.717, 1.165) is 10.5 Å². The largest absolute Gasteiger partial charge is 0.331 e. The van der Waals surface area contributed by atoms with Crippen molar-refractivity contribution in [3.05, 3.63) is 29.8 Å². The summed E-state index contributed by atoms with van der Waals surface area (Å²) in [7, 11) is 1.32. The molecular formula is C15H21F2N3O2. The molecule has 0 heterocycles. The Bertz CT molecular complexity index is 506. The van der Waals surface area contributed by atoms with Crippen LogP contribution in [-0.2, 0) is 4.79 Å². The average Bonchev–Trinajstić information content (AvgIpc) is 2.46. The molecule has 1 rings (SSSR count). The number of amides is 3. The number of hydrogen-bond acceptors (Lipinski definition) is 2. The van der Waals surface area contributed by atoms with Gasteiger partial charge in [-0.3, -0.25) is 4.79 Å². The van der Waals surface area contributed by atoms with Crippen LogP contribution in [0.3, 0.4) is 0 Å². The SMILES string of the molecule is CCC(=O)Nc1ccc([C@@H](C)NC(=O)N(C)CC(F)F)cc1. The van der Waals surface area contributed by atoms with E-state index in [1.165, 1.54) is 7.05 Å². The van der Waals surface area contributed by atoms with E-state index < -0.39 is 19.0 Å². The summed E-state index contributed by atoms with van der Waals surface area (Å²) in [6, 6.07) is 6.11. The fourth-order valence-electron chi connectivity index (χ4n) is 1.77. The Balaban J connectivity index is 2.60. The van der Waals surface area contributed by atoms with Crippen molar-refractivity contribution in [2.45, 2.75) is 32.7 Å². The molecule has 0 fully saturated rings. The number of hydrogen-bond donors (Lipinski definition) is 2. The highest BCUT2D eigenvalue weighted by molar-refractivity contribution is 5.90. The number of anilines is 1. The van der Waals surface area contributed by atoms with Gasteiger partial charge in [0.2, 0.25) is 5.91 Å². The van der Waals surface area contributed by atoms with Crippen LogP contribution in [0, 0.1) is 0 Å². The molecular weight excluding hydrogens is 292 g/mol. The minimum atomic E-state index is -2.56. The first-order valence-corrected chi connectivity index (χ1v) is 7.03. The summed E-state index contributed by atoms with van der Waals surface area (Å²) < 4.78 is 24.5. The Labute approximate surface area is 128 Å². The number of benzene rings is 1. The molecule has 0 unspecified atom stereocenters. The zero-order chi connectivity index (χ0) is 16.7. The standard InChI is InChI=1S/C15H21F2N3O2/c1-4-14(21)19-12-7-5-11(6-8-12)10(2)18-15(22)20(3)9-13(16)17/h5-8,10,13H,4,9H2,1-3H3,(H,18,22)(H,19,21)/t10-/m1/s1. The highest BCUT2D eigenvalue weighted by atomic mass is 19.3. The molecule has 0 aliphatic heterocycles. The van der Waals surface area contributed by atoms with Crippen molar-refractivity contribution in [3.63, 3.8) is 0 Å². The van der Waals surface area contributed by atoms with Crippen LogP contribution in [0.4, 0.5) is 19.3 Å². The molecule has 0 aliphatic rings. The third-order valence-corrected chi connectivity index (χ3v) is 3.11. The van der Waals surface area contributed by atoms with E-state index in [2.05, 4.69) is 10.6 Å². The zero-order valence-electron chi connectivity index (χ0n) is 12.9. The van der Waals surface area contributed by atoms with Gasteiger partial charge in [0.05, 0.1) is 12.6 Å². The highest BCUT2D eigenvalue weighted by Crippen LogP contribution is 2.16. The first kappa shape index (κ1) is 17.9. The lowest BCUT2D eigenvalue weighted by atomic mass is 10.1. The second-order valence-corrected chi connectivity index (χ2v) is 4.97. The van der Waals surface area contributed by atoms with Crippen molar-refractivity contribution < 1.29 is 18.4 Å². The fourth-order valence-corrected chi connectivity index (χ4v) is 1.77. The molecule has 0 aromatic heterocycles. The van der Waals surface area contributed by atoms with Crippen LogP contribution in [-0.4, -0.2) is 36.9 Å². The van der Waals surface area contributed by atoms with Crippen LogP contribution in [0.25, 0.3) is 0 Å². The fraction of sp³-hybridized carbons (Fsp3) is 0.467. The van der Waals surface area contributed by atoms with Crippen LogP contribution >= 0.6 is 0 Å². The van der Waals surface area contributed by atoms with Gasteiger partial charge in [0.15, 0.2) is 0 Å². The molecule has 7 heteroatoms. The maximum absolute atomic E-state index is 12.2. The van der Waals surface area contributed by atoms with Gasteiger partial charge in [-0.1, -0.05) is 19.1 Å². The van der Waals surface area contributed by atoms with Gasteiger partial charge >= 0.3 is 6.03 Å². The second-order valence-electron chi connectivity index (χ2n) is 4.97. The molecule has 2 N–H and O–H groups in total. The quantitative estimate of drug-likeness (QED) is 0.848. The Hall–Kier alpha value is -2.18. The predicted molar refractivity (Wildman–Crippen MR) is 80.9 cm³/mol. The van der Waals surface area contributed by atoms with Gasteiger partial charge in [-0.15, -0.1) is 0 Å². The van der Waals surface area contributed by atoms with E-state index in [4.69, 9.17) is 0 Å². The lowest BCUT2D eigenvalue weighted by Gasteiger charge is -2.21. The van der Waals surface area contributed by atoms with Gasteiger partial charge in [0, 0.05) is 19.2 Å². The zero-order valence-corrected chi connectivity index (χ0v) is 12.9. The molecule has 1 atom stereocenters. The van der Waals surface area contributed by atoms with E-state index in [1.54, 1.807) is 38.1 Å². The third-order valence-electron chi connectivity index (χ3n) is 3.11. The summed E-state index contributed by atoms with van der Waals surface area (Å²) >= 11 is 0. The highest BCUT2D eigenvalue weighted by Gasteiger charge is 2.16. The van der Waals surface area contributed by atoms with Crippen molar-refractivity contribution in [3.8, 4) is 0 Å². The Morgan fingerprint density at radius 3 is 2.32 bits per heavy atom. The lowest BCUT2D eigenvalue weighted by molar-refractivity contribution is -0.115. The van der Waals surface area contributed by atoms with E-state index in [0.29, 0.717) is 12.1 Å². The first-order chi connectivity index (χ1) is 10.3. The van der Waals surface area contributed by atoms with Crippen molar-refractivity contribution in [2.75, 3.05) is 18.9 Å². The number of rotatable bonds is 6. The van der Waals surface area contributed by atoms with Crippen LogP contribution < -0.4 is 10.6 Å². The molecule has 3 amide bonds. The normalized spacial score (nSPS) is 11.9. The summed E-state index contributed by atoms with van der Waals surface area (Å²) in [5, 5.41) is 5.36. The molecule has 0 saturated carbocycles. The summed E-state index contributed by atoms with van der Waals surface area (Å²) in [4.78, 5) is 24.0. The summed E-state index contributed by atoms with van der Waals surface area (Å²) in [5.41, 5.74) is 1.48. The predicted octanol–water partition coefficient (Wildman–Crippen LogP) is 3.00. The smallest absolute Gasteiger partial charge is 0.317 e. The third kappa shape index (κ3) is 5.67. The molecule has 1 aromatic carbocycles. The van der Waals surface area contributed by atoms with Gasteiger partial charge in [-0.25, -0.2) is 13.6 Å².